The summed E-state index contributed by atoms with van der Waals surface area (Å²) in [5, 5.41) is 0. The van der Waals surface area contributed by atoms with E-state index < -0.39 is 0 Å². The zero-order valence-electron chi connectivity index (χ0n) is 16.7. The van der Waals surface area contributed by atoms with Crippen LogP contribution in [0.15, 0.2) is 54.6 Å². The maximum Gasteiger partial charge on any atom is 0.159 e. The minimum absolute atomic E-state index is 0.142. The van der Waals surface area contributed by atoms with Crippen LogP contribution in [0.2, 0.25) is 0 Å². The molecule has 144 valence electrons. The molecular formula is C24H32N2O. The average molecular weight is 365 g/mol. The van der Waals surface area contributed by atoms with Crippen LogP contribution >= 0.6 is 0 Å². The van der Waals surface area contributed by atoms with E-state index in [2.05, 4.69) is 59.3 Å². The van der Waals surface area contributed by atoms with Gasteiger partial charge in [0.15, 0.2) is 5.78 Å². The summed E-state index contributed by atoms with van der Waals surface area (Å²) < 4.78 is 0. The van der Waals surface area contributed by atoms with E-state index in [-0.39, 0.29) is 5.78 Å². The summed E-state index contributed by atoms with van der Waals surface area (Å²) in [5.41, 5.74) is 3.45. The number of likely N-dealkylation sites (tertiary alicyclic amines) is 1. The minimum atomic E-state index is 0.142. The van der Waals surface area contributed by atoms with Crippen LogP contribution in [0.1, 0.15) is 41.3 Å². The molecule has 0 N–H and O–H groups in total. The predicted octanol–water partition coefficient (Wildman–Crippen LogP) is 4.28. The van der Waals surface area contributed by atoms with Gasteiger partial charge in [-0.15, -0.1) is 0 Å². The summed E-state index contributed by atoms with van der Waals surface area (Å²) in [4.78, 5) is 16.7. The summed E-state index contributed by atoms with van der Waals surface area (Å²) in [5.74, 6) is 0.913. The lowest BCUT2D eigenvalue weighted by Gasteiger charge is -2.33. The first kappa shape index (κ1) is 19.8. The maximum absolute atomic E-state index is 11.7. The van der Waals surface area contributed by atoms with E-state index in [1.165, 1.54) is 37.1 Å². The van der Waals surface area contributed by atoms with Crippen LogP contribution in [0.5, 0.6) is 0 Å². The van der Waals surface area contributed by atoms with Gasteiger partial charge in [0.1, 0.15) is 0 Å². The molecule has 0 aliphatic carbocycles. The van der Waals surface area contributed by atoms with Gasteiger partial charge in [0.2, 0.25) is 0 Å². The largest absolute Gasteiger partial charge is 0.306 e. The van der Waals surface area contributed by atoms with Crippen LogP contribution in [-0.4, -0.2) is 48.8 Å². The number of piperidine rings is 1. The van der Waals surface area contributed by atoms with Gasteiger partial charge in [-0.2, -0.15) is 0 Å². The lowest BCUT2D eigenvalue weighted by Crippen LogP contribution is -2.37. The Balaban J connectivity index is 1.66. The van der Waals surface area contributed by atoms with Crippen molar-refractivity contribution < 1.29 is 4.79 Å². The zero-order valence-corrected chi connectivity index (χ0v) is 16.7. The molecule has 3 nitrogen and oxygen atoms in total. The third-order valence-corrected chi connectivity index (χ3v) is 5.65. The number of benzene rings is 2. The number of hydrogen-bond donors (Lipinski definition) is 0. The van der Waals surface area contributed by atoms with E-state index in [4.69, 9.17) is 0 Å². The lowest BCUT2D eigenvalue weighted by atomic mass is 9.96. The first-order valence-corrected chi connectivity index (χ1v) is 10.1. The van der Waals surface area contributed by atoms with Gasteiger partial charge in [0, 0.05) is 25.2 Å². The summed E-state index contributed by atoms with van der Waals surface area (Å²) >= 11 is 0. The number of carbonyl (C=O) groups excluding carboxylic acids is 1. The van der Waals surface area contributed by atoms with Crippen molar-refractivity contribution in [3.63, 3.8) is 0 Å². The van der Waals surface area contributed by atoms with Crippen molar-refractivity contribution in [1.82, 2.24) is 9.80 Å². The lowest BCUT2D eigenvalue weighted by molar-refractivity contribution is 0.101. The van der Waals surface area contributed by atoms with Crippen molar-refractivity contribution in [3.8, 4) is 0 Å². The fourth-order valence-corrected chi connectivity index (χ4v) is 3.92. The fraction of sp³-hybridized carbons (Fsp3) is 0.458. The van der Waals surface area contributed by atoms with E-state index in [0.717, 1.165) is 37.5 Å². The Bertz CT molecular complexity index is 720. The van der Waals surface area contributed by atoms with Crippen LogP contribution < -0.4 is 0 Å². The molecule has 1 aliphatic rings. The third-order valence-electron chi connectivity index (χ3n) is 5.65. The standard InChI is InChI=1S/C24H32N2O/c1-20(27)24-10-6-9-23(17-24)19-26(16-13-21-7-4-3-5-8-21)18-22-11-14-25(2)15-12-22/h3-10,17,22H,11-16,18-19H2,1-2H3. The van der Waals surface area contributed by atoms with Crippen LogP contribution in [0, 0.1) is 5.92 Å². The molecule has 0 aromatic heterocycles. The Morgan fingerprint density at radius 3 is 2.44 bits per heavy atom. The van der Waals surface area contributed by atoms with Crippen molar-refractivity contribution in [2.45, 2.75) is 32.7 Å². The Hall–Kier alpha value is -1.97. The Kier molecular flexibility index (Phi) is 7.19. The summed E-state index contributed by atoms with van der Waals surface area (Å²) in [6.45, 7) is 7.17. The van der Waals surface area contributed by atoms with Crippen molar-refractivity contribution >= 4 is 5.78 Å². The highest BCUT2D eigenvalue weighted by atomic mass is 16.1. The highest BCUT2D eigenvalue weighted by Gasteiger charge is 2.20. The molecule has 1 heterocycles. The SMILES string of the molecule is CC(=O)c1cccc(CN(CCc2ccccc2)CC2CCN(C)CC2)c1. The quantitative estimate of drug-likeness (QED) is 0.653. The molecule has 27 heavy (non-hydrogen) atoms. The first-order chi connectivity index (χ1) is 13.1. The molecule has 0 bridgehead atoms. The minimum Gasteiger partial charge on any atom is -0.306 e. The number of ketones is 1. The average Bonchev–Trinajstić information content (AvgIpc) is 2.69. The molecule has 3 heteroatoms. The van der Waals surface area contributed by atoms with Gasteiger partial charge in [-0.3, -0.25) is 9.69 Å². The molecule has 1 saturated heterocycles. The van der Waals surface area contributed by atoms with E-state index >= 15 is 0 Å². The van der Waals surface area contributed by atoms with Crippen LogP contribution in [0.4, 0.5) is 0 Å². The molecular weight excluding hydrogens is 332 g/mol. The number of rotatable bonds is 8. The van der Waals surface area contributed by atoms with Crippen LogP contribution in [0.3, 0.4) is 0 Å². The highest BCUT2D eigenvalue weighted by Crippen LogP contribution is 2.19. The number of hydrogen-bond acceptors (Lipinski definition) is 3. The Morgan fingerprint density at radius 1 is 1.04 bits per heavy atom. The van der Waals surface area contributed by atoms with E-state index in [9.17, 15) is 4.79 Å². The molecule has 2 aromatic carbocycles. The van der Waals surface area contributed by atoms with Crippen molar-refractivity contribution in [3.05, 3.63) is 71.3 Å². The number of nitrogens with zero attached hydrogens (tertiary/aromatic N) is 2. The normalized spacial score (nSPS) is 16.0. The molecule has 0 unspecified atom stereocenters. The van der Waals surface area contributed by atoms with Crippen molar-refractivity contribution in [2.75, 3.05) is 33.2 Å². The second-order valence-electron chi connectivity index (χ2n) is 7.97. The van der Waals surface area contributed by atoms with Gasteiger partial charge in [0.25, 0.3) is 0 Å². The van der Waals surface area contributed by atoms with E-state index in [1.807, 2.05) is 12.1 Å². The van der Waals surface area contributed by atoms with Crippen molar-refractivity contribution in [1.29, 1.82) is 0 Å². The smallest absolute Gasteiger partial charge is 0.159 e. The predicted molar refractivity (Wildman–Crippen MR) is 112 cm³/mol. The first-order valence-electron chi connectivity index (χ1n) is 10.1. The molecule has 0 amide bonds. The second-order valence-corrected chi connectivity index (χ2v) is 7.97. The van der Waals surface area contributed by atoms with Gasteiger partial charge in [-0.05, 0) is 69.4 Å². The monoisotopic (exact) mass is 364 g/mol. The van der Waals surface area contributed by atoms with Gasteiger partial charge in [-0.1, -0.05) is 48.5 Å². The third kappa shape index (κ3) is 6.30. The summed E-state index contributed by atoms with van der Waals surface area (Å²) in [6.07, 6.45) is 3.64. The molecule has 2 aromatic rings. The summed E-state index contributed by atoms with van der Waals surface area (Å²) in [7, 11) is 2.22. The second kappa shape index (κ2) is 9.82. The summed E-state index contributed by atoms with van der Waals surface area (Å²) in [6, 6.07) is 18.9. The molecule has 0 radical (unpaired) electrons. The van der Waals surface area contributed by atoms with Gasteiger partial charge in [-0.25, -0.2) is 0 Å². The zero-order chi connectivity index (χ0) is 19.1. The maximum atomic E-state index is 11.7. The van der Waals surface area contributed by atoms with Crippen molar-refractivity contribution in [2.24, 2.45) is 5.92 Å². The van der Waals surface area contributed by atoms with E-state index in [0.29, 0.717) is 0 Å². The number of carbonyl (C=O) groups is 1. The Labute approximate surface area is 164 Å². The van der Waals surface area contributed by atoms with Crippen LogP contribution in [0.25, 0.3) is 0 Å². The van der Waals surface area contributed by atoms with Gasteiger partial charge < -0.3 is 4.90 Å². The van der Waals surface area contributed by atoms with E-state index in [1.54, 1.807) is 6.92 Å². The molecule has 1 fully saturated rings. The topological polar surface area (TPSA) is 23.6 Å². The van der Waals surface area contributed by atoms with Crippen LogP contribution in [-0.2, 0) is 13.0 Å². The molecule has 0 saturated carbocycles. The number of Topliss-reactive ketones (excluding diaryl/α,β-unsaturated/α-hetero) is 1. The molecule has 3 rings (SSSR count). The fourth-order valence-electron chi connectivity index (χ4n) is 3.92. The molecule has 0 spiro atoms. The van der Waals surface area contributed by atoms with Gasteiger partial charge >= 0.3 is 0 Å². The molecule has 0 atom stereocenters. The Morgan fingerprint density at radius 2 is 1.74 bits per heavy atom. The highest BCUT2D eigenvalue weighted by molar-refractivity contribution is 5.94. The van der Waals surface area contributed by atoms with Gasteiger partial charge in [0.05, 0.1) is 0 Å². The molecule has 1 aliphatic heterocycles.